The SMILES string of the molecule is CCCCN(NC(=O)c1ccncc1)C(C(=O)NCCOC)C1CCCCC1. The normalized spacial score (nSPS) is 16.0. The molecule has 0 aromatic carbocycles. The Morgan fingerprint density at radius 2 is 1.96 bits per heavy atom. The number of carbonyl (C=O) groups excluding carboxylic acids is 2. The fourth-order valence-corrected chi connectivity index (χ4v) is 3.73. The Labute approximate surface area is 168 Å². The van der Waals surface area contributed by atoms with Crippen molar-refractivity contribution in [3.05, 3.63) is 30.1 Å². The molecule has 7 nitrogen and oxygen atoms in total. The highest BCUT2D eigenvalue weighted by atomic mass is 16.5. The molecule has 0 aliphatic heterocycles. The molecule has 1 heterocycles. The van der Waals surface area contributed by atoms with Gasteiger partial charge in [0.1, 0.15) is 6.04 Å². The van der Waals surface area contributed by atoms with Gasteiger partial charge in [-0.3, -0.25) is 20.0 Å². The molecule has 1 saturated carbocycles. The highest BCUT2D eigenvalue weighted by molar-refractivity contribution is 5.94. The van der Waals surface area contributed by atoms with Crippen LogP contribution in [0.25, 0.3) is 0 Å². The predicted molar refractivity (Wildman–Crippen MR) is 109 cm³/mol. The summed E-state index contributed by atoms with van der Waals surface area (Å²) < 4.78 is 5.06. The van der Waals surface area contributed by atoms with Crippen LogP contribution in [0, 0.1) is 5.92 Å². The first-order chi connectivity index (χ1) is 13.7. The first-order valence-electron chi connectivity index (χ1n) is 10.4. The molecule has 156 valence electrons. The van der Waals surface area contributed by atoms with Gasteiger partial charge in [-0.15, -0.1) is 0 Å². The second kappa shape index (κ2) is 12.5. The first kappa shape index (κ1) is 22.3. The first-order valence-corrected chi connectivity index (χ1v) is 10.4. The van der Waals surface area contributed by atoms with E-state index in [4.69, 9.17) is 4.74 Å². The van der Waals surface area contributed by atoms with Crippen molar-refractivity contribution < 1.29 is 14.3 Å². The smallest absolute Gasteiger partial charge is 0.265 e. The van der Waals surface area contributed by atoms with Gasteiger partial charge >= 0.3 is 0 Å². The zero-order valence-electron chi connectivity index (χ0n) is 17.2. The van der Waals surface area contributed by atoms with Gasteiger partial charge in [0.15, 0.2) is 0 Å². The minimum absolute atomic E-state index is 0.0323. The molecule has 0 radical (unpaired) electrons. The van der Waals surface area contributed by atoms with Crippen LogP contribution in [0.4, 0.5) is 0 Å². The fourth-order valence-electron chi connectivity index (χ4n) is 3.73. The average molecular weight is 391 g/mol. The van der Waals surface area contributed by atoms with Gasteiger partial charge < -0.3 is 10.1 Å². The Kier molecular flexibility index (Phi) is 9.93. The molecule has 2 rings (SSSR count). The molecule has 1 atom stereocenters. The number of rotatable bonds is 11. The lowest BCUT2D eigenvalue weighted by atomic mass is 9.83. The number of nitrogens with zero attached hydrogens (tertiary/aromatic N) is 2. The van der Waals surface area contributed by atoms with Crippen molar-refractivity contribution in [2.24, 2.45) is 5.92 Å². The molecule has 2 amide bonds. The molecule has 1 unspecified atom stereocenters. The lowest BCUT2D eigenvalue weighted by Crippen LogP contribution is -2.58. The van der Waals surface area contributed by atoms with Gasteiger partial charge in [-0.1, -0.05) is 32.6 Å². The van der Waals surface area contributed by atoms with Crippen LogP contribution >= 0.6 is 0 Å². The number of pyridine rings is 1. The second-order valence-electron chi connectivity index (χ2n) is 7.35. The van der Waals surface area contributed by atoms with Crippen molar-refractivity contribution >= 4 is 11.8 Å². The van der Waals surface area contributed by atoms with E-state index in [1.807, 2.05) is 5.01 Å². The predicted octanol–water partition coefficient (Wildman–Crippen LogP) is 2.54. The highest BCUT2D eigenvalue weighted by Gasteiger charge is 2.35. The third-order valence-electron chi connectivity index (χ3n) is 5.25. The van der Waals surface area contributed by atoms with Gasteiger partial charge in [-0.25, -0.2) is 5.01 Å². The largest absolute Gasteiger partial charge is 0.383 e. The number of hydrogen-bond donors (Lipinski definition) is 2. The molecule has 28 heavy (non-hydrogen) atoms. The van der Waals surface area contributed by atoms with Crippen LogP contribution in [0.5, 0.6) is 0 Å². The van der Waals surface area contributed by atoms with Crippen LogP contribution in [0.15, 0.2) is 24.5 Å². The summed E-state index contributed by atoms with van der Waals surface area (Å²) in [4.78, 5) is 29.8. The summed E-state index contributed by atoms with van der Waals surface area (Å²) in [6.45, 7) is 3.70. The third-order valence-corrected chi connectivity index (χ3v) is 5.25. The van der Waals surface area contributed by atoms with E-state index in [9.17, 15) is 9.59 Å². The Morgan fingerprint density at radius 1 is 1.25 bits per heavy atom. The summed E-state index contributed by atoms with van der Waals surface area (Å²) in [6.07, 6.45) is 10.6. The van der Waals surface area contributed by atoms with E-state index in [1.54, 1.807) is 31.6 Å². The van der Waals surface area contributed by atoms with Gasteiger partial charge in [0.2, 0.25) is 5.91 Å². The van der Waals surface area contributed by atoms with Crippen LogP contribution < -0.4 is 10.7 Å². The molecule has 0 saturated heterocycles. The Balaban J connectivity index is 2.18. The molecule has 1 aliphatic rings. The van der Waals surface area contributed by atoms with E-state index in [2.05, 4.69) is 22.7 Å². The average Bonchev–Trinajstić information content (AvgIpc) is 2.73. The molecule has 1 aromatic rings. The lowest BCUT2D eigenvalue weighted by molar-refractivity contribution is -0.130. The van der Waals surface area contributed by atoms with E-state index in [-0.39, 0.29) is 23.8 Å². The standard InChI is InChI=1S/C21H34N4O3/c1-3-4-15-25(24-20(26)18-10-12-22-13-11-18)19(17-8-6-5-7-9-17)21(27)23-14-16-28-2/h10-13,17,19H,3-9,14-16H2,1-2H3,(H,23,27)(H,24,26). The lowest BCUT2D eigenvalue weighted by Gasteiger charge is -2.37. The van der Waals surface area contributed by atoms with E-state index in [1.165, 1.54) is 6.42 Å². The molecule has 7 heteroatoms. The number of aromatic nitrogens is 1. The monoisotopic (exact) mass is 390 g/mol. The van der Waals surface area contributed by atoms with Crippen LogP contribution in [0.3, 0.4) is 0 Å². The summed E-state index contributed by atoms with van der Waals surface area (Å²) in [6, 6.07) is 3.00. The highest BCUT2D eigenvalue weighted by Crippen LogP contribution is 2.29. The zero-order valence-corrected chi connectivity index (χ0v) is 17.2. The number of nitrogens with one attached hydrogen (secondary N) is 2. The number of hydrazine groups is 1. The second-order valence-corrected chi connectivity index (χ2v) is 7.35. The van der Waals surface area contributed by atoms with Crippen molar-refractivity contribution in [1.29, 1.82) is 0 Å². The van der Waals surface area contributed by atoms with Crippen LogP contribution in [0.1, 0.15) is 62.2 Å². The Hall–Kier alpha value is -1.99. The Morgan fingerprint density at radius 3 is 2.61 bits per heavy atom. The van der Waals surface area contributed by atoms with E-state index in [0.29, 0.717) is 25.3 Å². The number of methoxy groups -OCH3 is 1. The van der Waals surface area contributed by atoms with Gasteiger partial charge in [0, 0.05) is 38.2 Å². The molecular weight excluding hydrogens is 356 g/mol. The summed E-state index contributed by atoms with van der Waals surface area (Å²) >= 11 is 0. The van der Waals surface area contributed by atoms with E-state index >= 15 is 0 Å². The summed E-state index contributed by atoms with van der Waals surface area (Å²) in [5.74, 6) is 0.00461. The molecule has 2 N–H and O–H groups in total. The topological polar surface area (TPSA) is 83.6 Å². The third kappa shape index (κ3) is 6.87. The minimum atomic E-state index is -0.366. The van der Waals surface area contributed by atoms with Crippen molar-refractivity contribution in [2.75, 3.05) is 26.8 Å². The van der Waals surface area contributed by atoms with E-state index in [0.717, 1.165) is 38.5 Å². The fraction of sp³-hybridized carbons (Fsp3) is 0.667. The molecule has 0 spiro atoms. The molecule has 0 bridgehead atoms. The summed E-state index contributed by atoms with van der Waals surface area (Å²) in [5.41, 5.74) is 3.55. The molecule has 1 aliphatic carbocycles. The number of carbonyl (C=O) groups is 2. The van der Waals surface area contributed by atoms with Gasteiger partial charge in [-0.2, -0.15) is 0 Å². The maximum absolute atomic E-state index is 13.1. The summed E-state index contributed by atoms with van der Waals surface area (Å²) in [5, 5.41) is 4.85. The maximum Gasteiger partial charge on any atom is 0.265 e. The number of amides is 2. The molecular formula is C21H34N4O3. The molecule has 1 fully saturated rings. The van der Waals surface area contributed by atoms with Crippen molar-refractivity contribution in [1.82, 2.24) is 20.7 Å². The quantitative estimate of drug-likeness (QED) is 0.448. The number of unbranched alkanes of at least 4 members (excludes halogenated alkanes) is 1. The van der Waals surface area contributed by atoms with Gasteiger partial charge in [0.05, 0.1) is 6.61 Å². The van der Waals surface area contributed by atoms with Crippen molar-refractivity contribution in [3.8, 4) is 0 Å². The Bertz CT molecular complexity index is 591. The maximum atomic E-state index is 13.1. The van der Waals surface area contributed by atoms with Gasteiger partial charge in [-0.05, 0) is 37.3 Å². The zero-order chi connectivity index (χ0) is 20.2. The van der Waals surface area contributed by atoms with Crippen LogP contribution in [-0.4, -0.2) is 54.7 Å². The number of hydrogen-bond acceptors (Lipinski definition) is 5. The van der Waals surface area contributed by atoms with Crippen molar-refractivity contribution in [2.45, 2.75) is 57.9 Å². The minimum Gasteiger partial charge on any atom is -0.383 e. The summed E-state index contributed by atoms with van der Waals surface area (Å²) in [7, 11) is 1.62. The number of ether oxygens (including phenoxy) is 1. The van der Waals surface area contributed by atoms with Crippen LogP contribution in [-0.2, 0) is 9.53 Å². The van der Waals surface area contributed by atoms with E-state index < -0.39 is 0 Å². The van der Waals surface area contributed by atoms with Gasteiger partial charge in [0.25, 0.3) is 5.91 Å². The molecule has 1 aromatic heterocycles. The van der Waals surface area contributed by atoms with Crippen molar-refractivity contribution in [3.63, 3.8) is 0 Å². The van der Waals surface area contributed by atoms with Crippen LogP contribution in [0.2, 0.25) is 0 Å².